The van der Waals surface area contributed by atoms with Crippen molar-refractivity contribution in [3.63, 3.8) is 0 Å². The lowest BCUT2D eigenvalue weighted by Crippen LogP contribution is -2.31. The van der Waals surface area contributed by atoms with Crippen LogP contribution in [0.3, 0.4) is 0 Å². The minimum atomic E-state index is -1.47. The molecule has 0 saturated heterocycles. The lowest BCUT2D eigenvalue weighted by atomic mass is 9.75. The van der Waals surface area contributed by atoms with Gasteiger partial charge in [-0.25, -0.2) is 0 Å². The van der Waals surface area contributed by atoms with Crippen LogP contribution in [0.15, 0.2) is 53.0 Å². The lowest BCUT2D eigenvalue weighted by molar-refractivity contribution is 0.426. The summed E-state index contributed by atoms with van der Waals surface area (Å²) in [7, 11) is -1.47. The highest BCUT2D eigenvalue weighted by molar-refractivity contribution is 9.10. The molecule has 0 aromatic heterocycles. The Morgan fingerprint density at radius 2 is 1.62 bits per heavy atom. The topological polar surface area (TPSA) is 40.5 Å². The number of rotatable bonds is 2. The molecule has 0 saturated carbocycles. The van der Waals surface area contributed by atoms with E-state index in [-0.39, 0.29) is 0 Å². The van der Waals surface area contributed by atoms with Gasteiger partial charge in [0, 0.05) is 4.47 Å². The minimum Gasteiger partial charge on any atom is -0.423 e. The fourth-order valence-corrected chi connectivity index (χ4v) is 2.01. The van der Waals surface area contributed by atoms with Crippen LogP contribution in [0.25, 0.3) is 11.1 Å². The Kier molecular flexibility index (Phi) is 3.44. The van der Waals surface area contributed by atoms with E-state index < -0.39 is 7.12 Å². The van der Waals surface area contributed by atoms with Gasteiger partial charge < -0.3 is 10.0 Å². The lowest BCUT2D eigenvalue weighted by Gasteiger charge is -2.09. The van der Waals surface area contributed by atoms with E-state index in [1.54, 1.807) is 6.07 Å². The van der Waals surface area contributed by atoms with E-state index in [4.69, 9.17) is 0 Å². The zero-order valence-electron chi connectivity index (χ0n) is 8.47. The van der Waals surface area contributed by atoms with Crippen LogP contribution in [0, 0.1) is 0 Å². The van der Waals surface area contributed by atoms with E-state index in [1.165, 1.54) is 0 Å². The van der Waals surface area contributed by atoms with Crippen molar-refractivity contribution >= 4 is 28.5 Å². The van der Waals surface area contributed by atoms with Gasteiger partial charge >= 0.3 is 7.12 Å². The summed E-state index contributed by atoms with van der Waals surface area (Å²) < 4.78 is 0.829. The smallest absolute Gasteiger partial charge is 0.423 e. The Balaban J connectivity index is 2.57. The molecule has 0 atom stereocenters. The first kappa shape index (κ1) is 11.4. The van der Waals surface area contributed by atoms with Crippen LogP contribution in [-0.4, -0.2) is 17.2 Å². The summed E-state index contributed by atoms with van der Waals surface area (Å²) in [6.45, 7) is 0. The third-order valence-corrected chi connectivity index (χ3v) is 2.87. The summed E-state index contributed by atoms with van der Waals surface area (Å²) in [5.74, 6) is 0. The van der Waals surface area contributed by atoms with Gasteiger partial charge in [0.2, 0.25) is 0 Å². The predicted octanol–water partition coefficient (Wildman–Crippen LogP) is 1.80. The van der Waals surface area contributed by atoms with Crippen molar-refractivity contribution in [2.45, 2.75) is 0 Å². The summed E-state index contributed by atoms with van der Waals surface area (Å²) in [4.78, 5) is 0. The number of benzene rings is 2. The first-order valence-electron chi connectivity index (χ1n) is 4.89. The van der Waals surface area contributed by atoms with Gasteiger partial charge in [0.15, 0.2) is 0 Å². The molecule has 0 amide bonds. The maximum Gasteiger partial charge on any atom is 0.489 e. The average molecular weight is 277 g/mol. The second-order valence-electron chi connectivity index (χ2n) is 3.47. The molecule has 16 heavy (non-hydrogen) atoms. The third kappa shape index (κ3) is 2.35. The molecule has 0 heterocycles. The van der Waals surface area contributed by atoms with E-state index >= 15 is 0 Å². The maximum absolute atomic E-state index is 9.33. The number of hydrogen-bond donors (Lipinski definition) is 2. The summed E-state index contributed by atoms with van der Waals surface area (Å²) in [6, 6.07) is 15.1. The molecule has 0 aliphatic rings. The molecule has 0 fully saturated rings. The van der Waals surface area contributed by atoms with Crippen molar-refractivity contribution in [2.75, 3.05) is 0 Å². The Labute approximate surface area is 103 Å². The second-order valence-corrected chi connectivity index (χ2v) is 4.39. The summed E-state index contributed by atoms with van der Waals surface area (Å²) in [5, 5.41) is 18.7. The molecule has 0 spiro atoms. The molecule has 2 N–H and O–H groups in total. The molecule has 0 unspecified atom stereocenters. The van der Waals surface area contributed by atoms with Gasteiger partial charge in [0.1, 0.15) is 0 Å². The first-order chi connectivity index (χ1) is 7.68. The Bertz CT molecular complexity index is 486. The standard InChI is InChI=1S/C12H10BBrO2/c14-10-6-7-11(12(8-10)13(15)16)9-4-2-1-3-5-9/h1-8,15-16H. The second kappa shape index (κ2) is 4.83. The third-order valence-electron chi connectivity index (χ3n) is 2.38. The fourth-order valence-electron chi connectivity index (χ4n) is 1.63. The van der Waals surface area contributed by atoms with Gasteiger partial charge in [-0.2, -0.15) is 0 Å². The molecule has 80 valence electrons. The van der Waals surface area contributed by atoms with Gasteiger partial charge in [0.25, 0.3) is 0 Å². The Morgan fingerprint density at radius 1 is 0.938 bits per heavy atom. The van der Waals surface area contributed by atoms with Gasteiger partial charge in [-0.05, 0) is 28.7 Å². The molecular weight excluding hydrogens is 267 g/mol. The van der Waals surface area contributed by atoms with Crippen LogP contribution < -0.4 is 5.46 Å². The highest BCUT2D eigenvalue weighted by Crippen LogP contribution is 2.19. The predicted molar refractivity (Wildman–Crippen MR) is 69.4 cm³/mol. The van der Waals surface area contributed by atoms with Crippen molar-refractivity contribution in [2.24, 2.45) is 0 Å². The van der Waals surface area contributed by atoms with Crippen LogP contribution in [-0.2, 0) is 0 Å². The molecule has 4 heteroatoms. The Hall–Kier alpha value is -1.10. The molecule has 0 radical (unpaired) electrons. The highest BCUT2D eigenvalue weighted by atomic mass is 79.9. The molecule has 0 aliphatic heterocycles. The SMILES string of the molecule is OB(O)c1cc(Br)ccc1-c1ccccc1. The molecular formula is C12H10BBrO2. The normalized spacial score (nSPS) is 10.2. The van der Waals surface area contributed by atoms with Crippen molar-refractivity contribution in [1.29, 1.82) is 0 Å². The van der Waals surface area contributed by atoms with E-state index in [9.17, 15) is 10.0 Å². The van der Waals surface area contributed by atoms with Crippen LogP contribution in [0.1, 0.15) is 0 Å². The van der Waals surface area contributed by atoms with Gasteiger partial charge in [0.05, 0.1) is 0 Å². The molecule has 0 aliphatic carbocycles. The summed E-state index contributed by atoms with van der Waals surface area (Å²) in [5.41, 5.74) is 2.30. The summed E-state index contributed by atoms with van der Waals surface area (Å²) >= 11 is 3.31. The van der Waals surface area contributed by atoms with Crippen LogP contribution in [0.4, 0.5) is 0 Å². The van der Waals surface area contributed by atoms with Gasteiger partial charge in [-0.1, -0.05) is 52.3 Å². The monoisotopic (exact) mass is 276 g/mol. The first-order valence-corrected chi connectivity index (χ1v) is 5.69. The van der Waals surface area contributed by atoms with Gasteiger partial charge in [-0.15, -0.1) is 0 Å². The molecule has 2 rings (SSSR count). The van der Waals surface area contributed by atoms with E-state index in [0.717, 1.165) is 15.6 Å². The van der Waals surface area contributed by atoms with Gasteiger partial charge in [-0.3, -0.25) is 0 Å². The quantitative estimate of drug-likeness (QED) is 0.822. The largest absolute Gasteiger partial charge is 0.489 e. The van der Waals surface area contributed by atoms with Crippen LogP contribution in [0.2, 0.25) is 0 Å². The highest BCUT2D eigenvalue weighted by Gasteiger charge is 2.16. The fraction of sp³-hybridized carbons (Fsp3) is 0. The molecule has 2 nitrogen and oxygen atoms in total. The van der Waals surface area contributed by atoms with Crippen molar-refractivity contribution in [1.82, 2.24) is 0 Å². The number of halogens is 1. The van der Waals surface area contributed by atoms with E-state index in [2.05, 4.69) is 15.9 Å². The number of hydrogen-bond acceptors (Lipinski definition) is 2. The molecule has 2 aromatic rings. The average Bonchev–Trinajstić information content (AvgIpc) is 2.30. The van der Waals surface area contributed by atoms with Crippen LogP contribution in [0.5, 0.6) is 0 Å². The maximum atomic E-state index is 9.33. The summed E-state index contributed by atoms with van der Waals surface area (Å²) in [6.07, 6.45) is 0. The Morgan fingerprint density at radius 3 is 2.25 bits per heavy atom. The van der Waals surface area contributed by atoms with Crippen molar-refractivity contribution in [3.05, 3.63) is 53.0 Å². The zero-order valence-corrected chi connectivity index (χ0v) is 10.1. The van der Waals surface area contributed by atoms with E-state index in [1.807, 2.05) is 42.5 Å². The van der Waals surface area contributed by atoms with Crippen LogP contribution >= 0.6 is 15.9 Å². The molecule has 0 bridgehead atoms. The zero-order chi connectivity index (χ0) is 11.5. The van der Waals surface area contributed by atoms with E-state index in [0.29, 0.717) is 5.46 Å². The van der Waals surface area contributed by atoms with Crippen molar-refractivity contribution < 1.29 is 10.0 Å². The minimum absolute atomic E-state index is 0.501. The van der Waals surface area contributed by atoms with Crippen molar-refractivity contribution in [3.8, 4) is 11.1 Å². The molecule has 2 aromatic carbocycles.